The highest BCUT2D eigenvalue weighted by molar-refractivity contribution is 9.10. The summed E-state index contributed by atoms with van der Waals surface area (Å²) in [7, 11) is 0. The zero-order valence-corrected chi connectivity index (χ0v) is 12.9. The van der Waals surface area contributed by atoms with Crippen LogP contribution in [0.15, 0.2) is 47.3 Å². The maximum Gasteiger partial charge on any atom is 0.106 e. The highest BCUT2D eigenvalue weighted by atomic mass is 79.9. The third-order valence-corrected chi connectivity index (χ3v) is 3.88. The summed E-state index contributed by atoms with van der Waals surface area (Å²) in [5.74, 6) is 0. The van der Waals surface area contributed by atoms with E-state index in [1.165, 1.54) is 27.6 Å². The molecule has 102 valence electrons. The molecule has 4 heteroatoms. The van der Waals surface area contributed by atoms with Gasteiger partial charge in [0, 0.05) is 31.0 Å². The minimum absolute atomic E-state index is 0.831. The SMILES string of the molecule is Cc1cc(Br)ncc1CNCc1ccc2[nH]ccc2c1. The van der Waals surface area contributed by atoms with Crippen LogP contribution in [0, 0.1) is 6.92 Å². The Morgan fingerprint density at radius 2 is 2.10 bits per heavy atom. The van der Waals surface area contributed by atoms with Gasteiger partial charge in [0.15, 0.2) is 0 Å². The average molecular weight is 330 g/mol. The number of halogens is 1. The number of fused-ring (bicyclic) bond motifs is 1. The molecule has 0 saturated carbocycles. The Morgan fingerprint density at radius 3 is 2.95 bits per heavy atom. The zero-order valence-electron chi connectivity index (χ0n) is 11.3. The van der Waals surface area contributed by atoms with E-state index in [9.17, 15) is 0 Å². The molecule has 1 aromatic carbocycles. The molecular formula is C16H16BrN3. The van der Waals surface area contributed by atoms with Gasteiger partial charge in [0.05, 0.1) is 0 Å². The van der Waals surface area contributed by atoms with Crippen molar-refractivity contribution in [2.45, 2.75) is 20.0 Å². The lowest BCUT2D eigenvalue weighted by Gasteiger charge is -2.08. The minimum Gasteiger partial charge on any atom is -0.361 e. The zero-order chi connectivity index (χ0) is 13.9. The van der Waals surface area contributed by atoms with Crippen LogP contribution in [-0.2, 0) is 13.1 Å². The van der Waals surface area contributed by atoms with Crippen LogP contribution in [0.5, 0.6) is 0 Å². The second-order valence-corrected chi connectivity index (χ2v) is 5.75. The van der Waals surface area contributed by atoms with Gasteiger partial charge in [0.1, 0.15) is 4.60 Å². The Balaban J connectivity index is 1.64. The minimum atomic E-state index is 0.831. The van der Waals surface area contributed by atoms with E-state index in [0.717, 1.165) is 17.7 Å². The van der Waals surface area contributed by atoms with E-state index in [1.807, 2.05) is 18.5 Å². The van der Waals surface area contributed by atoms with Crippen molar-refractivity contribution in [3.8, 4) is 0 Å². The van der Waals surface area contributed by atoms with Gasteiger partial charge in [-0.2, -0.15) is 0 Å². The molecule has 2 heterocycles. The Kier molecular flexibility index (Phi) is 3.85. The van der Waals surface area contributed by atoms with Gasteiger partial charge in [-0.25, -0.2) is 4.98 Å². The molecule has 0 saturated heterocycles. The lowest BCUT2D eigenvalue weighted by Crippen LogP contribution is -2.13. The van der Waals surface area contributed by atoms with Crippen molar-refractivity contribution < 1.29 is 0 Å². The fourth-order valence-electron chi connectivity index (χ4n) is 2.29. The number of aromatic amines is 1. The molecule has 3 aromatic rings. The number of aromatic nitrogens is 2. The number of nitrogens with one attached hydrogen (secondary N) is 2. The van der Waals surface area contributed by atoms with E-state index < -0.39 is 0 Å². The molecule has 0 aliphatic carbocycles. The van der Waals surface area contributed by atoms with E-state index >= 15 is 0 Å². The number of aryl methyl sites for hydroxylation is 1. The number of hydrogen-bond acceptors (Lipinski definition) is 2. The summed E-state index contributed by atoms with van der Waals surface area (Å²) in [5.41, 5.74) is 4.96. The van der Waals surface area contributed by atoms with Crippen LogP contribution in [-0.4, -0.2) is 9.97 Å². The molecule has 0 aliphatic rings. The van der Waals surface area contributed by atoms with Crippen LogP contribution >= 0.6 is 15.9 Å². The highest BCUT2D eigenvalue weighted by Crippen LogP contribution is 2.15. The lowest BCUT2D eigenvalue weighted by atomic mass is 10.1. The molecule has 0 fully saturated rings. The molecule has 2 N–H and O–H groups in total. The van der Waals surface area contributed by atoms with Gasteiger partial charge < -0.3 is 10.3 Å². The van der Waals surface area contributed by atoms with Crippen LogP contribution in [0.1, 0.15) is 16.7 Å². The maximum atomic E-state index is 4.27. The summed E-state index contributed by atoms with van der Waals surface area (Å²) in [4.78, 5) is 7.48. The van der Waals surface area contributed by atoms with E-state index in [1.54, 1.807) is 0 Å². The number of rotatable bonds is 4. The summed E-state index contributed by atoms with van der Waals surface area (Å²) >= 11 is 3.39. The Morgan fingerprint density at radius 1 is 1.20 bits per heavy atom. The molecular weight excluding hydrogens is 314 g/mol. The fourth-order valence-corrected chi connectivity index (χ4v) is 2.74. The van der Waals surface area contributed by atoms with Gasteiger partial charge in [-0.3, -0.25) is 0 Å². The highest BCUT2D eigenvalue weighted by Gasteiger charge is 2.01. The smallest absolute Gasteiger partial charge is 0.106 e. The first-order chi connectivity index (χ1) is 9.72. The Labute approximate surface area is 126 Å². The third kappa shape index (κ3) is 2.92. The number of hydrogen-bond donors (Lipinski definition) is 2. The second kappa shape index (κ2) is 5.77. The van der Waals surface area contributed by atoms with Crippen LogP contribution in [0.25, 0.3) is 10.9 Å². The lowest BCUT2D eigenvalue weighted by molar-refractivity contribution is 0.688. The van der Waals surface area contributed by atoms with Gasteiger partial charge in [-0.1, -0.05) is 6.07 Å². The predicted molar refractivity (Wildman–Crippen MR) is 85.5 cm³/mol. The summed E-state index contributed by atoms with van der Waals surface area (Å²) in [6.07, 6.45) is 3.89. The monoisotopic (exact) mass is 329 g/mol. The molecule has 3 rings (SSSR count). The van der Waals surface area contributed by atoms with E-state index in [4.69, 9.17) is 0 Å². The Bertz CT molecular complexity index is 733. The van der Waals surface area contributed by atoms with Gasteiger partial charge in [-0.05, 0) is 69.2 Å². The van der Waals surface area contributed by atoms with Crippen molar-refractivity contribution in [2.24, 2.45) is 0 Å². The van der Waals surface area contributed by atoms with Crippen molar-refractivity contribution in [2.75, 3.05) is 0 Å². The Hall–Kier alpha value is -1.65. The van der Waals surface area contributed by atoms with Crippen molar-refractivity contribution in [1.82, 2.24) is 15.3 Å². The molecule has 0 bridgehead atoms. The van der Waals surface area contributed by atoms with Crippen molar-refractivity contribution in [3.63, 3.8) is 0 Å². The maximum absolute atomic E-state index is 4.27. The van der Waals surface area contributed by atoms with E-state index in [0.29, 0.717) is 0 Å². The summed E-state index contributed by atoms with van der Waals surface area (Å²) in [6.45, 7) is 3.79. The third-order valence-electron chi connectivity index (χ3n) is 3.45. The molecule has 0 spiro atoms. The van der Waals surface area contributed by atoms with Crippen LogP contribution in [0.3, 0.4) is 0 Å². The van der Waals surface area contributed by atoms with Crippen molar-refractivity contribution in [1.29, 1.82) is 0 Å². The summed E-state index contributed by atoms with van der Waals surface area (Å²) in [5, 5.41) is 4.72. The normalized spacial score (nSPS) is 11.1. The first-order valence-electron chi connectivity index (χ1n) is 6.60. The first-order valence-corrected chi connectivity index (χ1v) is 7.39. The molecule has 0 radical (unpaired) electrons. The molecule has 2 aromatic heterocycles. The van der Waals surface area contributed by atoms with Gasteiger partial charge in [0.25, 0.3) is 0 Å². The standard InChI is InChI=1S/C16H16BrN3/c1-11-6-16(17)20-10-14(11)9-18-8-12-2-3-15-13(7-12)4-5-19-15/h2-7,10,18-19H,8-9H2,1H3. The molecule has 20 heavy (non-hydrogen) atoms. The topological polar surface area (TPSA) is 40.7 Å². The number of nitrogens with zero attached hydrogens (tertiary/aromatic N) is 1. The molecule has 0 amide bonds. The van der Waals surface area contributed by atoms with Gasteiger partial charge in [0.2, 0.25) is 0 Å². The fraction of sp³-hybridized carbons (Fsp3) is 0.188. The number of benzene rings is 1. The first kappa shape index (κ1) is 13.3. The van der Waals surface area contributed by atoms with Crippen molar-refractivity contribution >= 4 is 26.8 Å². The van der Waals surface area contributed by atoms with E-state index in [-0.39, 0.29) is 0 Å². The number of H-pyrrole nitrogens is 1. The van der Waals surface area contributed by atoms with Crippen molar-refractivity contribution in [3.05, 3.63) is 64.0 Å². The van der Waals surface area contributed by atoms with Crippen LogP contribution in [0.2, 0.25) is 0 Å². The van der Waals surface area contributed by atoms with Crippen LogP contribution < -0.4 is 5.32 Å². The summed E-state index contributed by atoms with van der Waals surface area (Å²) < 4.78 is 0.886. The quantitative estimate of drug-likeness (QED) is 0.712. The van der Waals surface area contributed by atoms with E-state index in [2.05, 4.69) is 62.4 Å². The summed E-state index contributed by atoms with van der Waals surface area (Å²) in [6, 6.07) is 10.6. The number of pyridine rings is 1. The molecule has 0 aliphatic heterocycles. The molecule has 3 nitrogen and oxygen atoms in total. The second-order valence-electron chi connectivity index (χ2n) is 4.94. The van der Waals surface area contributed by atoms with Crippen LogP contribution in [0.4, 0.5) is 0 Å². The van der Waals surface area contributed by atoms with Gasteiger partial charge in [-0.15, -0.1) is 0 Å². The predicted octanol–water partition coefficient (Wildman–Crippen LogP) is 3.92. The largest absolute Gasteiger partial charge is 0.361 e. The molecule has 0 unspecified atom stereocenters. The molecule has 0 atom stereocenters. The van der Waals surface area contributed by atoms with Gasteiger partial charge >= 0.3 is 0 Å². The average Bonchev–Trinajstić information content (AvgIpc) is 2.89.